The van der Waals surface area contributed by atoms with Crippen LogP contribution in [0.15, 0.2) is 12.3 Å². The van der Waals surface area contributed by atoms with Gasteiger partial charge in [0.05, 0.1) is 5.02 Å². The largest absolute Gasteiger partial charge is 0.339 e. The average molecular weight is 296 g/mol. The number of nitrogens with zero attached hydrogens (tertiary/aromatic N) is 2. The van der Waals surface area contributed by atoms with Crippen molar-refractivity contribution in [2.24, 2.45) is 5.92 Å². The molecule has 2 atom stereocenters. The highest BCUT2D eigenvalue weighted by molar-refractivity contribution is 6.31. The summed E-state index contributed by atoms with van der Waals surface area (Å²) in [7, 11) is 0. The summed E-state index contributed by atoms with van der Waals surface area (Å²) in [4.78, 5) is 14.7. The van der Waals surface area contributed by atoms with Crippen molar-refractivity contribution in [3.8, 4) is 0 Å². The Bertz CT molecular complexity index is 497. The van der Waals surface area contributed by atoms with E-state index in [0.29, 0.717) is 22.7 Å². The number of aromatic nitrogens is 1. The van der Waals surface area contributed by atoms with E-state index in [0.717, 1.165) is 19.6 Å². The molecule has 110 valence electrons. The van der Waals surface area contributed by atoms with Gasteiger partial charge >= 0.3 is 0 Å². The first-order valence-electron chi connectivity index (χ1n) is 7.46. The third-order valence-electron chi connectivity index (χ3n) is 4.48. The van der Waals surface area contributed by atoms with E-state index in [4.69, 9.17) is 11.6 Å². The quantitative estimate of drug-likeness (QED) is 0.910. The maximum atomic E-state index is 12.7. The molecule has 0 aliphatic carbocycles. The number of hydrogen-bond donors (Lipinski definition) is 1. The molecule has 0 aromatic carbocycles. The Kier molecular flexibility index (Phi) is 3.78. The lowest BCUT2D eigenvalue weighted by molar-refractivity contribution is 0.0773. The molecule has 20 heavy (non-hydrogen) atoms. The SMILES string of the molecule is CC(C)n1cc(Cl)cc1C(=O)N1CC2CCCNC2C1. The highest BCUT2D eigenvalue weighted by Crippen LogP contribution is 2.27. The van der Waals surface area contributed by atoms with Crippen LogP contribution in [-0.4, -0.2) is 41.1 Å². The Morgan fingerprint density at radius 3 is 2.95 bits per heavy atom. The fourth-order valence-corrected chi connectivity index (χ4v) is 3.63. The van der Waals surface area contributed by atoms with Gasteiger partial charge in [0.25, 0.3) is 5.91 Å². The molecule has 1 amide bonds. The molecule has 1 aromatic rings. The molecular formula is C15H22ClN3O. The summed E-state index contributed by atoms with van der Waals surface area (Å²) >= 11 is 6.08. The van der Waals surface area contributed by atoms with E-state index in [1.165, 1.54) is 12.8 Å². The summed E-state index contributed by atoms with van der Waals surface area (Å²) in [5.74, 6) is 0.729. The zero-order chi connectivity index (χ0) is 14.3. The van der Waals surface area contributed by atoms with Crippen LogP contribution in [0.1, 0.15) is 43.2 Å². The summed E-state index contributed by atoms with van der Waals surface area (Å²) in [6.07, 6.45) is 4.30. The molecule has 0 spiro atoms. The number of carbonyl (C=O) groups excluding carboxylic acids is 1. The van der Waals surface area contributed by atoms with Crippen molar-refractivity contribution in [1.29, 1.82) is 0 Å². The minimum atomic E-state index is 0.113. The van der Waals surface area contributed by atoms with E-state index in [1.807, 2.05) is 15.7 Å². The number of fused-ring (bicyclic) bond motifs is 1. The number of hydrogen-bond acceptors (Lipinski definition) is 2. The van der Waals surface area contributed by atoms with E-state index in [2.05, 4.69) is 19.2 Å². The van der Waals surface area contributed by atoms with Crippen molar-refractivity contribution >= 4 is 17.5 Å². The molecule has 5 heteroatoms. The number of likely N-dealkylation sites (tertiary alicyclic amines) is 1. The summed E-state index contributed by atoms with van der Waals surface area (Å²) in [6, 6.07) is 2.51. The Morgan fingerprint density at radius 1 is 1.45 bits per heavy atom. The van der Waals surface area contributed by atoms with Gasteiger partial charge in [-0.1, -0.05) is 11.6 Å². The van der Waals surface area contributed by atoms with Crippen molar-refractivity contribution < 1.29 is 4.79 Å². The molecule has 3 heterocycles. The summed E-state index contributed by atoms with van der Waals surface area (Å²) in [5, 5.41) is 4.17. The lowest BCUT2D eigenvalue weighted by Crippen LogP contribution is -2.41. The molecule has 0 radical (unpaired) electrons. The van der Waals surface area contributed by atoms with Gasteiger partial charge in [0, 0.05) is 31.4 Å². The van der Waals surface area contributed by atoms with Gasteiger partial charge in [0.1, 0.15) is 5.69 Å². The maximum absolute atomic E-state index is 12.7. The van der Waals surface area contributed by atoms with Crippen molar-refractivity contribution in [2.45, 2.75) is 38.8 Å². The molecule has 0 bridgehead atoms. The summed E-state index contributed by atoms with van der Waals surface area (Å²) in [5.41, 5.74) is 0.712. The highest BCUT2D eigenvalue weighted by Gasteiger charge is 2.37. The molecule has 2 aliphatic rings. The van der Waals surface area contributed by atoms with Gasteiger partial charge in [-0.2, -0.15) is 0 Å². The minimum Gasteiger partial charge on any atom is -0.339 e. The number of amides is 1. The topological polar surface area (TPSA) is 37.3 Å². The second-order valence-electron chi connectivity index (χ2n) is 6.22. The Hall–Kier alpha value is -1.00. The van der Waals surface area contributed by atoms with Crippen molar-refractivity contribution in [1.82, 2.24) is 14.8 Å². The molecule has 2 aliphatic heterocycles. The van der Waals surface area contributed by atoms with Gasteiger partial charge < -0.3 is 14.8 Å². The van der Waals surface area contributed by atoms with Crippen LogP contribution in [0, 0.1) is 5.92 Å². The normalized spacial score (nSPS) is 26.1. The van der Waals surface area contributed by atoms with Gasteiger partial charge in [0.2, 0.25) is 0 Å². The lowest BCUT2D eigenvalue weighted by atomic mass is 9.94. The molecule has 2 saturated heterocycles. The number of carbonyl (C=O) groups is 1. The number of piperidine rings is 1. The average Bonchev–Trinajstić information content (AvgIpc) is 3.01. The van der Waals surface area contributed by atoms with Crippen molar-refractivity contribution in [3.63, 3.8) is 0 Å². The van der Waals surface area contributed by atoms with E-state index in [-0.39, 0.29) is 11.9 Å². The van der Waals surface area contributed by atoms with Crippen LogP contribution >= 0.6 is 11.6 Å². The molecule has 4 nitrogen and oxygen atoms in total. The number of halogens is 1. The van der Waals surface area contributed by atoms with Crippen LogP contribution in [0.2, 0.25) is 5.02 Å². The van der Waals surface area contributed by atoms with Gasteiger partial charge in [-0.25, -0.2) is 0 Å². The Balaban J connectivity index is 1.79. The minimum absolute atomic E-state index is 0.113. The highest BCUT2D eigenvalue weighted by atomic mass is 35.5. The van der Waals surface area contributed by atoms with Gasteiger partial charge in [-0.05, 0) is 45.2 Å². The third-order valence-corrected chi connectivity index (χ3v) is 4.68. The smallest absolute Gasteiger partial charge is 0.270 e. The zero-order valence-electron chi connectivity index (χ0n) is 12.1. The van der Waals surface area contributed by atoms with Crippen molar-refractivity contribution in [3.05, 3.63) is 23.0 Å². The predicted octanol–water partition coefficient (Wildman–Crippen LogP) is 2.55. The fourth-order valence-electron chi connectivity index (χ4n) is 3.42. The molecular weight excluding hydrogens is 274 g/mol. The first kappa shape index (κ1) is 14.0. The molecule has 1 N–H and O–H groups in total. The summed E-state index contributed by atoms with van der Waals surface area (Å²) in [6.45, 7) is 6.91. The number of nitrogens with one attached hydrogen (secondary N) is 1. The molecule has 0 saturated carbocycles. The third kappa shape index (κ3) is 2.47. The molecule has 2 unspecified atom stereocenters. The first-order chi connectivity index (χ1) is 9.56. The first-order valence-corrected chi connectivity index (χ1v) is 7.84. The van der Waals surface area contributed by atoms with E-state index >= 15 is 0 Å². The van der Waals surface area contributed by atoms with E-state index in [1.54, 1.807) is 6.07 Å². The second kappa shape index (κ2) is 5.41. The zero-order valence-corrected chi connectivity index (χ0v) is 12.9. The van der Waals surface area contributed by atoms with Gasteiger partial charge in [0.15, 0.2) is 0 Å². The van der Waals surface area contributed by atoms with Crippen LogP contribution in [0.5, 0.6) is 0 Å². The Labute approximate surface area is 125 Å². The molecule has 2 fully saturated rings. The van der Waals surface area contributed by atoms with Gasteiger partial charge in [-0.15, -0.1) is 0 Å². The van der Waals surface area contributed by atoms with Crippen LogP contribution in [0.25, 0.3) is 0 Å². The Morgan fingerprint density at radius 2 is 2.25 bits per heavy atom. The van der Waals surface area contributed by atoms with E-state index < -0.39 is 0 Å². The summed E-state index contributed by atoms with van der Waals surface area (Å²) < 4.78 is 1.97. The van der Waals surface area contributed by atoms with E-state index in [9.17, 15) is 4.79 Å². The van der Waals surface area contributed by atoms with Gasteiger partial charge in [-0.3, -0.25) is 4.79 Å². The van der Waals surface area contributed by atoms with Crippen LogP contribution in [-0.2, 0) is 0 Å². The van der Waals surface area contributed by atoms with Crippen LogP contribution < -0.4 is 5.32 Å². The molecule has 1 aromatic heterocycles. The molecule has 3 rings (SSSR count). The van der Waals surface area contributed by atoms with Crippen molar-refractivity contribution in [2.75, 3.05) is 19.6 Å². The lowest BCUT2D eigenvalue weighted by Gasteiger charge is -2.24. The monoisotopic (exact) mass is 295 g/mol. The van der Waals surface area contributed by atoms with Crippen LogP contribution in [0.3, 0.4) is 0 Å². The fraction of sp³-hybridized carbons (Fsp3) is 0.667. The standard InChI is InChI=1S/C15H22ClN3O/c1-10(2)19-8-12(16)6-14(19)15(20)18-7-11-4-3-5-17-13(11)9-18/h6,8,10-11,13,17H,3-5,7,9H2,1-2H3. The maximum Gasteiger partial charge on any atom is 0.270 e. The number of rotatable bonds is 2. The van der Waals surface area contributed by atoms with Crippen LogP contribution in [0.4, 0.5) is 0 Å². The predicted molar refractivity (Wildman–Crippen MR) is 80.2 cm³/mol. The second-order valence-corrected chi connectivity index (χ2v) is 6.65.